The second-order valence-corrected chi connectivity index (χ2v) is 5.81. The summed E-state index contributed by atoms with van der Waals surface area (Å²) in [6.07, 6.45) is 0.965. The van der Waals surface area contributed by atoms with Gasteiger partial charge in [-0.15, -0.1) is 0 Å². The molecule has 0 saturated heterocycles. The predicted octanol–water partition coefficient (Wildman–Crippen LogP) is 4.78. The third-order valence-corrected chi connectivity index (χ3v) is 4.22. The van der Waals surface area contributed by atoms with Crippen molar-refractivity contribution in [2.24, 2.45) is 0 Å². The number of halogens is 1. The summed E-state index contributed by atoms with van der Waals surface area (Å²) in [7, 11) is 1.64. The van der Waals surface area contributed by atoms with Gasteiger partial charge in [0.15, 0.2) is 0 Å². The lowest BCUT2D eigenvalue weighted by Gasteiger charge is -2.16. The second kappa shape index (κ2) is 7.45. The highest BCUT2D eigenvalue weighted by Gasteiger charge is 2.14. The number of methoxy groups -OCH3 is 1. The molecule has 4 heteroatoms. The van der Waals surface area contributed by atoms with Crippen LogP contribution in [0.25, 0.3) is 0 Å². The highest BCUT2D eigenvalue weighted by atomic mass is 79.9. The van der Waals surface area contributed by atoms with Crippen molar-refractivity contribution in [3.05, 3.63) is 53.1 Å². The Balaban J connectivity index is 2.29. The summed E-state index contributed by atoms with van der Waals surface area (Å²) in [5, 5.41) is 0.619. The first-order chi connectivity index (χ1) is 10.6. The zero-order valence-electron chi connectivity index (χ0n) is 12.9. The molecule has 0 fully saturated rings. The van der Waals surface area contributed by atoms with Crippen LogP contribution in [0.15, 0.2) is 36.4 Å². The third-order valence-electron chi connectivity index (χ3n) is 3.52. The van der Waals surface area contributed by atoms with E-state index in [1.165, 1.54) is 0 Å². The van der Waals surface area contributed by atoms with Gasteiger partial charge in [-0.05, 0) is 54.8 Å². The van der Waals surface area contributed by atoms with Crippen LogP contribution in [0.2, 0.25) is 0 Å². The van der Waals surface area contributed by atoms with Crippen LogP contribution in [0.3, 0.4) is 0 Å². The Morgan fingerprint density at radius 1 is 1.09 bits per heavy atom. The molecular weight excluding hydrogens is 344 g/mol. The van der Waals surface area contributed by atoms with Crippen molar-refractivity contribution in [1.82, 2.24) is 0 Å². The molecule has 0 bridgehead atoms. The molecule has 2 aromatic rings. The average Bonchev–Trinajstić information content (AvgIpc) is 2.53. The van der Waals surface area contributed by atoms with E-state index in [1.807, 2.05) is 50.2 Å². The number of rotatable bonds is 6. The molecule has 116 valence electrons. The van der Waals surface area contributed by atoms with Gasteiger partial charge in [-0.3, -0.25) is 0 Å². The van der Waals surface area contributed by atoms with Crippen molar-refractivity contribution in [1.29, 1.82) is 0 Å². The summed E-state index contributed by atoms with van der Waals surface area (Å²) < 4.78 is 11.1. The van der Waals surface area contributed by atoms with E-state index in [2.05, 4.69) is 15.9 Å². The maximum Gasteiger partial charge on any atom is 0.133 e. The van der Waals surface area contributed by atoms with E-state index < -0.39 is 0 Å². The molecule has 3 nitrogen and oxygen atoms in total. The summed E-state index contributed by atoms with van der Waals surface area (Å²) in [5.74, 6) is 2.25. The largest absolute Gasteiger partial charge is 0.497 e. The van der Waals surface area contributed by atoms with E-state index in [1.54, 1.807) is 7.11 Å². The minimum absolute atomic E-state index is 0.132. The van der Waals surface area contributed by atoms with Gasteiger partial charge in [0.25, 0.3) is 0 Å². The molecule has 0 aromatic heterocycles. The number of aldehydes is 1. The first-order valence-corrected chi connectivity index (χ1v) is 8.15. The summed E-state index contributed by atoms with van der Waals surface area (Å²) in [4.78, 5) is 11.1. The number of carbonyl (C=O) groups excluding carboxylic acids is 1. The Hall–Kier alpha value is -1.81. The molecule has 0 radical (unpaired) electrons. The smallest absolute Gasteiger partial charge is 0.133 e. The zero-order valence-corrected chi connectivity index (χ0v) is 14.5. The van der Waals surface area contributed by atoms with E-state index >= 15 is 0 Å². The number of carbonyl (C=O) groups is 1. The maximum absolute atomic E-state index is 11.1. The van der Waals surface area contributed by atoms with E-state index in [9.17, 15) is 4.79 Å². The summed E-state index contributed by atoms with van der Waals surface area (Å²) in [6.45, 7) is 3.98. The van der Waals surface area contributed by atoms with Crippen LogP contribution in [0.5, 0.6) is 17.2 Å². The molecule has 1 atom stereocenters. The van der Waals surface area contributed by atoms with Crippen LogP contribution in [-0.2, 0) is 4.79 Å². The lowest BCUT2D eigenvalue weighted by molar-refractivity contribution is -0.108. The van der Waals surface area contributed by atoms with E-state index in [0.717, 1.165) is 40.2 Å². The minimum Gasteiger partial charge on any atom is -0.497 e. The molecule has 0 aliphatic carbocycles. The fourth-order valence-electron chi connectivity index (χ4n) is 2.32. The molecule has 0 heterocycles. The molecule has 2 aromatic carbocycles. The van der Waals surface area contributed by atoms with Crippen LogP contribution in [-0.4, -0.2) is 18.7 Å². The van der Waals surface area contributed by atoms with Crippen LogP contribution in [0.4, 0.5) is 0 Å². The number of benzene rings is 2. The molecule has 0 saturated carbocycles. The first kappa shape index (κ1) is 16.6. The van der Waals surface area contributed by atoms with Gasteiger partial charge in [0, 0.05) is 11.2 Å². The van der Waals surface area contributed by atoms with E-state index in [-0.39, 0.29) is 5.92 Å². The zero-order chi connectivity index (χ0) is 16.1. The molecule has 22 heavy (non-hydrogen) atoms. The molecule has 0 aliphatic heterocycles. The van der Waals surface area contributed by atoms with Gasteiger partial charge in [0.1, 0.15) is 23.5 Å². The van der Waals surface area contributed by atoms with Crippen LogP contribution >= 0.6 is 15.9 Å². The van der Waals surface area contributed by atoms with Crippen molar-refractivity contribution >= 4 is 22.2 Å². The number of hydrogen-bond donors (Lipinski definition) is 0. The fraction of sp³-hybridized carbons (Fsp3) is 0.278. The van der Waals surface area contributed by atoms with Crippen molar-refractivity contribution < 1.29 is 14.3 Å². The number of alkyl halides is 1. The highest BCUT2D eigenvalue weighted by Crippen LogP contribution is 2.32. The lowest BCUT2D eigenvalue weighted by atomic mass is 9.97. The van der Waals surface area contributed by atoms with E-state index in [0.29, 0.717) is 5.33 Å². The van der Waals surface area contributed by atoms with Gasteiger partial charge in [-0.2, -0.15) is 0 Å². The lowest BCUT2D eigenvalue weighted by Crippen LogP contribution is -2.03. The van der Waals surface area contributed by atoms with Crippen molar-refractivity contribution in [3.63, 3.8) is 0 Å². The number of ether oxygens (including phenoxy) is 2. The SMILES string of the molecule is COc1ccc(Oc2c(C)cc(C(C=O)CBr)cc2C)cc1. The minimum atomic E-state index is -0.132. The maximum atomic E-state index is 11.1. The predicted molar refractivity (Wildman–Crippen MR) is 91.6 cm³/mol. The van der Waals surface area contributed by atoms with E-state index in [4.69, 9.17) is 9.47 Å². The fourth-order valence-corrected chi connectivity index (χ4v) is 2.85. The van der Waals surface area contributed by atoms with Crippen molar-refractivity contribution in [3.8, 4) is 17.2 Å². The van der Waals surface area contributed by atoms with Gasteiger partial charge in [0.2, 0.25) is 0 Å². The van der Waals surface area contributed by atoms with Crippen molar-refractivity contribution in [2.45, 2.75) is 19.8 Å². The molecule has 0 aliphatic rings. The molecule has 0 N–H and O–H groups in total. The van der Waals surface area contributed by atoms with Gasteiger partial charge in [0.05, 0.1) is 7.11 Å². The Morgan fingerprint density at radius 2 is 1.64 bits per heavy atom. The van der Waals surface area contributed by atoms with Gasteiger partial charge < -0.3 is 14.3 Å². The quantitative estimate of drug-likeness (QED) is 0.547. The van der Waals surface area contributed by atoms with Gasteiger partial charge >= 0.3 is 0 Å². The Bertz CT molecular complexity index is 627. The molecular formula is C18H19BrO3. The van der Waals surface area contributed by atoms with Crippen LogP contribution < -0.4 is 9.47 Å². The van der Waals surface area contributed by atoms with Gasteiger partial charge in [-0.1, -0.05) is 28.1 Å². The van der Waals surface area contributed by atoms with Crippen LogP contribution in [0.1, 0.15) is 22.6 Å². The Labute approximate surface area is 139 Å². The topological polar surface area (TPSA) is 35.5 Å². The van der Waals surface area contributed by atoms with Gasteiger partial charge in [-0.25, -0.2) is 0 Å². The number of hydrogen-bond acceptors (Lipinski definition) is 3. The van der Waals surface area contributed by atoms with Crippen LogP contribution in [0, 0.1) is 13.8 Å². The molecule has 0 amide bonds. The summed E-state index contributed by atoms with van der Waals surface area (Å²) in [6, 6.07) is 11.5. The second-order valence-electron chi connectivity index (χ2n) is 5.16. The Morgan fingerprint density at radius 3 is 2.09 bits per heavy atom. The monoisotopic (exact) mass is 362 g/mol. The number of aryl methyl sites for hydroxylation is 2. The molecule has 2 rings (SSSR count). The third kappa shape index (κ3) is 3.69. The normalized spacial score (nSPS) is 11.8. The molecule has 0 spiro atoms. The van der Waals surface area contributed by atoms with Crippen molar-refractivity contribution in [2.75, 3.05) is 12.4 Å². The standard InChI is InChI=1S/C18H19BrO3/c1-12-8-14(15(10-19)11-20)9-13(2)18(12)22-17-6-4-16(21-3)5-7-17/h4-9,11,15H,10H2,1-3H3. The highest BCUT2D eigenvalue weighted by molar-refractivity contribution is 9.09. The summed E-state index contributed by atoms with van der Waals surface area (Å²) in [5.41, 5.74) is 3.03. The average molecular weight is 363 g/mol. The Kier molecular flexibility index (Phi) is 5.61. The summed E-state index contributed by atoms with van der Waals surface area (Å²) >= 11 is 3.37. The molecule has 1 unspecified atom stereocenters. The first-order valence-electron chi connectivity index (χ1n) is 7.03.